The Labute approximate surface area is 172 Å². The van der Waals surface area contributed by atoms with E-state index in [1.54, 1.807) is 11.3 Å². The molecule has 0 saturated carbocycles. The van der Waals surface area contributed by atoms with Crippen molar-refractivity contribution in [3.8, 4) is 27.8 Å². The third-order valence-electron chi connectivity index (χ3n) is 3.96. The maximum absolute atomic E-state index is 9.76. The summed E-state index contributed by atoms with van der Waals surface area (Å²) in [5.41, 5.74) is 4.76. The average Bonchev–Trinajstić information content (AvgIpc) is 3.14. The second-order valence-electron chi connectivity index (χ2n) is 5.92. The minimum absolute atomic E-state index is 0.673. The van der Waals surface area contributed by atoms with E-state index in [9.17, 15) is 5.26 Å². The number of aromatic nitrogens is 2. The lowest BCUT2D eigenvalue weighted by Gasteiger charge is -2.17. The first-order valence-corrected chi connectivity index (χ1v) is 10.3. The van der Waals surface area contributed by atoms with Crippen molar-refractivity contribution < 1.29 is 33.4 Å². The predicted molar refractivity (Wildman–Crippen MR) is 95.6 cm³/mol. The number of pyridine rings is 1. The van der Waals surface area contributed by atoms with Crippen molar-refractivity contribution in [3.63, 3.8) is 0 Å². The van der Waals surface area contributed by atoms with Gasteiger partial charge in [-0.15, -0.1) is 10.2 Å². The Morgan fingerprint density at radius 3 is 1.97 bits per heavy atom. The molecule has 0 fully saturated rings. The molecule has 0 radical (unpaired) electrons. The normalized spacial score (nSPS) is 10.9. The van der Waals surface area contributed by atoms with Crippen molar-refractivity contribution in [1.29, 1.82) is 5.26 Å². The van der Waals surface area contributed by atoms with E-state index in [1.807, 2.05) is 78.2 Å². The first kappa shape index (κ1) is 20.8. The number of hydrogen-bond acceptors (Lipinski definition) is 7. The molecule has 0 amide bonds. The van der Waals surface area contributed by atoms with Gasteiger partial charge in [-0.2, -0.15) is 5.26 Å². The fourth-order valence-corrected chi connectivity index (χ4v) is 3.88. The molecule has 0 bridgehead atoms. The van der Waals surface area contributed by atoms with E-state index in [0.29, 0.717) is 5.56 Å². The Kier molecular flexibility index (Phi) is 6.20. The zero-order valence-corrected chi connectivity index (χ0v) is 16.7. The zero-order chi connectivity index (χ0) is 21.0. The van der Waals surface area contributed by atoms with E-state index in [2.05, 4.69) is 6.07 Å². The van der Waals surface area contributed by atoms with E-state index in [-0.39, 0.29) is 0 Å². The molecule has 0 atom stereocenters. The number of benzene rings is 2. The summed E-state index contributed by atoms with van der Waals surface area (Å²) in [4.78, 5) is 0.884. The van der Waals surface area contributed by atoms with Crippen LogP contribution in [0.1, 0.15) is 11.3 Å². The van der Waals surface area contributed by atoms with Gasteiger partial charge in [0.1, 0.15) is 11.6 Å². The highest BCUT2D eigenvalue weighted by Gasteiger charge is 2.24. The molecule has 4 aromatic rings. The molecule has 4 rings (SSSR count). The Bertz CT molecular complexity index is 1160. The Hall–Kier alpha value is -2.90. The predicted octanol–water partition coefficient (Wildman–Crippen LogP) is -0.360. The second kappa shape index (κ2) is 8.63. The van der Waals surface area contributed by atoms with Gasteiger partial charge in [-0.25, -0.2) is 18.6 Å². The van der Waals surface area contributed by atoms with E-state index in [4.69, 9.17) is 23.7 Å². The number of nitrogens with zero attached hydrogens (tertiary/aromatic N) is 3. The first-order chi connectivity index (χ1) is 13.8. The number of aryl methyl sites for hydroxylation is 1. The average molecular weight is 428 g/mol. The summed E-state index contributed by atoms with van der Waals surface area (Å²) in [7, 11) is -4.94. The van der Waals surface area contributed by atoms with Crippen molar-refractivity contribution in [1.82, 2.24) is 5.10 Å². The SMILES string of the molecule is Cc1cc(-c2ccccc2)c(C#N)c2sc(-c3ccccc3)n[n+]12.[O-][Cl+3]([O-])([O-])[O-]. The van der Waals surface area contributed by atoms with E-state index < -0.39 is 10.2 Å². The van der Waals surface area contributed by atoms with Crippen molar-refractivity contribution in [2.24, 2.45) is 0 Å². The summed E-state index contributed by atoms with van der Waals surface area (Å²) >= 11 is 1.55. The lowest BCUT2D eigenvalue weighted by molar-refractivity contribution is -2.00. The van der Waals surface area contributed by atoms with Crippen LogP contribution in [0.5, 0.6) is 0 Å². The van der Waals surface area contributed by atoms with Crippen LogP contribution in [-0.2, 0) is 0 Å². The number of nitriles is 1. The maximum atomic E-state index is 9.76. The van der Waals surface area contributed by atoms with Gasteiger partial charge >= 0.3 is 4.83 Å². The minimum Gasteiger partial charge on any atom is -0.222 e. The van der Waals surface area contributed by atoms with Gasteiger partial charge < -0.3 is 0 Å². The van der Waals surface area contributed by atoms with Crippen LogP contribution in [0.4, 0.5) is 0 Å². The summed E-state index contributed by atoms with van der Waals surface area (Å²) in [6, 6.07) is 24.5. The monoisotopic (exact) mass is 427 g/mol. The van der Waals surface area contributed by atoms with Gasteiger partial charge in [0, 0.05) is 29.2 Å². The molecule has 0 aliphatic rings. The summed E-state index contributed by atoms with van der Waals surface area (Å²) < 4.78 is 35.8. The molecule has 2 aromatic carbocycles. The van der Waals surface area contributed by atoms with Crippen LogP contribution in [0.3, 0.4) is 0 Å². The molecule has 2 aromatic heterocycles. The summed E-state index contributed by atoms with van der Waals surface area (Å²) in [5.74, 6) is 0. The molecule has 0 spiro atoms. The van der Waals surface area contributed by atoms with Gasteiger partial charge in [0.25, 0.3) is 0 Å². The van der Waals surface area contributed by atoms with Crippen LogP contribution in [0, 0.1) is 28.5 Å². The van der Waals surface area contributed by atoms with E-state index in [1.165, 1.54) is 0 Å². The Balaban J connectivity index is 0.000000431. The highest BCUT2D eigenvalue weighted by atomic mass is 35.7. The highest BCUT2D eigenvalue weighted by molar-refractivity contribution is 7.20. The van der Waals surface area contributed by atoms with Crippen LogP contribution < -0.4 is 23.2 Å². The van der Waals surface area contributed by atoms with Crippen LogP contribution in [0.25, 0.3) is 26.5 Å². The fraction of sp³-hybridized carbons (Fsp3) is 0.0500. The Morgan fingerprint density at radius 1 is 0.931 bits per heavy atom. The summed E-state index contributed by atoms with van der Waals surface area (Å²) in [6.45, 7) is 2.02. The zero-order valence-electron chi connectivity index (χ0n) is 15.1. The van der Waals surface area contributed by atoms with E-state index in [0.717, 1.165) is 32.2 Å². The Morgan fingerprint density at radius 2 is 1.45 bits per heavy atom. The third-order valence-corrected chi connectivity index (χ3v) is 5.05. The van der Waals surface area contributed by atoms with Crippen molar-refractivity contribution in [3.05, 3.63) is 78.0 Å². The van der Waals surface area contributed by atoms with E-state index >= 15 is 0 Å². The fourth-order valence-electron chi connectivity index (χ4n) is 2.80. The molecule has 0 N–H and O–H groups in total. The molecule has 0 unspecified atom stereocenters. The van der Waals surface area contributed by atoms with Gasteiger partial charge in [-0.1, -0.05) is 60.7 Å². The molecule has 9 heteroatoms. The molecular formula is C20H14ClN3O4S. The quantitative estimate of drug-likeness (QED) is 0.401. The van der Waals surface area contributed by atoms with Gasteiger partial charge in [-0.05, 0) is 21.4 Å². The summed E-state index contributed by atoms with van der Waals surface area (Å²) in [6.07, 6.45) is 0. The first-order valence-electron chi connectivity index (χ1n) is 8.27. The van der Waals surface area contributed by atoms with Crippen LogP contribution >= 0.6 is 11.3 Å². The summed E-state index contributed by atoms with van der Waals surface area (Å²) in [5, 5.41) is 15.4. The van der Waals surface area contributed by atoms with Crippen LogP contribution in [-0.4, -0.2) is 5.10 Å². The molecule has 7 nitrogen and oxygen atoms in total. The van der Waals surface area contributed by atoms with Gasteiger partial charge in [-0.3, -0.25) is 0 Å². The molecular weight excluding hydrogens is 414 g/mol. The van der Waals surface area contributed by atoms with Gasteiger partial charge in [0.15, 0.2) is 5.01 Å². The lowest BCUT2D eigenvalue weighted by atomic mass is 10.0. The third kappa shape index (κ3) is 5.13. The lowest BCUT2D eigenvalue weighted by Crippen LogP contribution is -2.68. The van der Waals surface area contributed by atoms with Crippen molar-refractivity contribution in [2.45, 2.75) is 6.92 Å². The molecule has 0 aliphatic carbocycles. The standard InChI is InChI=1S/C20H14N3S.ClHO4/c1-14-12-17(15-8-4-2-5-9-15)18(13-21)20-23(14)22-19(24-20)16-10-6-3-7-11-16;2-1(3,4)5/h2-12H,1H3;(H,2,3,4,5)/q+1;/p-1. The smallest absolute Gasteiger partial charge is 0.222 e. The van der Waals surface area contributed by atoms with Gasteiger partial charge in [0.05, 0.1) is 0 Å². The molecule has 0 saturated heterocycles. The molecule has 29 heavy (non-hydrogen) atoms. The van der Waals surface area contributed by atoms with Crippen LogP contribution in [0.2, 0.25) is 0 Å². The highest BCUT2D eigenvalue weighted by Crippen LogP contribution is 2.31. The number of halogens is 1. The van der Waals surface area contributed by atoms with Crippen molar-refractivity contribution >= 4 is 16.2 Å². The maximum Gasteiger partial charge on any atom is 0.314 e. The largest absolute Gasteiger partial charge is 0.314 e. The topological polar surface area (TPSA) is 133 Å². The number of fused-ring (bicyclic) bond motifs is 1. The van der Waals surface area contributed by atoms with Crippen molar-refractivity contribution in [2.75, 3.05) is 0 Å². The molecule has 0 aliphatic heterocycles. The van der Waals surface area contributed by atoms with Gasteiger partial charge in [0.2, 0.25) is 5.69 Å². The second-order valence-corrected chi connectivity index (χ2v) is 7.65. The molecule has 2 heterocycles. The number of rotatable bonds is 2. The minimum atomic E-state index is -4.94. The van der Waals surface area contributed by atoms with Crippen LogP contribution in [0.15, 0.2) is 66.7 Å². The molecule has 146 valence electrons. The number of hydrogen-bond donors (Lipinski definition) is 0.